The molecular weight excluding hydrogens is 416 g/mol. The third-order valence-electron chi connectivity index (χ3n) is 4.47. The second-order valence-corrected chi connectivity index (χ2v) is 7.99. The van der Waals surface area contributed by atoms with E-state index < -0.39 is 59.1 Å². The predicted molar refractivity (Wildman–Crippen MR) is 83.1 cm³/mol. The van der Waals surface area contributed by atoms with Gasteiger partial charge in [-0.3, -0.25) is 9.35 Å². The molecule has 2 rings (SSSR count). The fourth-order valence-electron chi connectivity index (χ4n) is 2.83. The second kappa shape index (κ2) is 7.95. The lowest BCUT2D eigenvalue weighted by Crippen LogP contribution is -2.47. The molecule has 0 radical (unpaired) electrons. The van der Waals surface area contributed by atoms with Gasteiger partial charge < -0.3 is 14.2 Å². The van der Waals surface area contributed by atoms with Crippen LogP contribution in [-0.4, -0.2) is 61.5 Å². The van der Waals surface area contributed by atoms with Crippen molar-refractivity contribution in [2.75, 3.05) is 13.2 Å². The van der Waals surface area contributed by atoms with Crippen LogP contribution in [0, 0.1) is 5.92 Å². The van der Waals surface area contributed by atoms with Crippen molar-refractivity contribution < 1.29 is 54.3 Å². The van der Waals surface area contributed by atoms with Gasteiger partial charge in [0.2, 0.25) is 0 Å². The minimum Gasteiger partial charge on any atom is -0.458 e. The van der Waals surface area contributed by atoms with Gasteiger partial charge in [0.1, 0.15) is 12.2 Å². The Morgan fingerprint density at radius 2 is 1.93 bits per heavy atom. The van der Waals surface area contributed by atoms with Crippen LogP contribution < -0.4 is 0 Å². The SMILES string of the molecule is C=C(COCCC(F)(F)C(F)(F)S(=O)(=O)O)C(=O)OC1CCC2CC1OC2=O. The van der Waals surface area contributed by atoms with Crippen LogP contribution in [0.1, 0.15) is 25.7 Å². The summed E-state index contributed by atoms with van der Waals surface area (Å²) in [6.07, 6.45) is -1.65. The van der Waals surface area contributed by atoms with E-state index in [-0.39, 0.29) is 17.5 Å². The van der Waals surface area contributed by atoms with Gasteiger partial charge in [-0.15, -0.1) is 0 Å². The summed E-state index contributed by atoms with van der Waals surface area (Å²) in [5.74, 6) is -6.59. The van der Waals surface area contributed by atoms with E-state index in [1.807, 2.05) is 0 Å². The third kappa shape index (κ3) is 4.63. The summed E-state index contributed by atoms with van der Waals surface area (Å²) in [5.41, 5.74) is -0.295. The van der Waals surface area contributed by atoms with Crippen LogP contribution in [0.25, 0.3) is 0 Å². The van der Waals surface area contributed by atoms with E-state index in [9.17, 15) is 35.6 Å². The van der Waals surface area contributed by atoms with Gasteiger partial charge in [-0.05, 0) is 12.8 Å². The first-order valence-electron chi connectivity index (χ1n) is 8.16. The van der Waals surface area contributed by atoms with Gasteiger partial charge in [0, 0.05) is 12.8 Å². The Morgan fingerprint density at radius 3 is 2.54 bits per heavy atom. The lowest BCUT2D eigenvalue weighted by atomic mass is 9.88. The molecule has 0 aromatic carbocycles. The number of hydrogen-bond acceptors (Lipinski definition) is 7. The zero-order valence-electron chi connectivity index (χ0n) is 14.4. The maximum absolute atomic E-state index is 13.3. The van der Waals surface area contributed by atoms with Gasteiger partial charge in [-0.1, -0.05) is 6.58 Å². The molecule has 1 aliphatic heterocycles. The summed E-state index contributed by atoms with van der Waals surface area (Å²) >= 11 is 0. The summed E-state index contributed by atoms with van der Waals surface area (Å²) in [5, 5.41) is -5.68. The standard InChI is InChI=1S/C15H18F4O8S/c1-8(7-25-5-4-14(16,17)15(18,19)28(22,23)24)12(20)26-10-3-2-9-6-11(10)27-13(9)21/h9-11H,1-7H2,(H,22,23,24). The number of esters is 2. The number of carbonyl (C=O) groups is 2. The van der Waals surface area contributed by atoms with E-state index >= 15 is 0 Å². The average molecular weight is 434 g/mol. The highest BCUT2D eigenvalue weighted by Crippen LogP contribution is 2.40. The number of hydrogen-bond donors (Lipinski definition) is 1. The van der Waals surface area contributed by atoms with Crippen LogP contribution in [0.3, 0.4) is 0 Å². The topological polar surface area (TPSA) is 116 Å². The first kappa shape index (κ1) is 22.6. The molecule has 0 amide bonds. The maximum atomic E-state index is 13.3. The molecule has 3 unspecified atom stereocenters. The molecule has 1 saturated carbocycles. The third-order valence-corrected chi connectivity index (χ3v) is 5.41. The minimum atomic E-state index is -6.32. The smallest absolute Gasteiger partial charge is 0.431 e. The van der Waals surface area contributed by atoms with E-state index in [1.165, 1.54) is 0 Å². The zero-order chi connectivity index (χ0) is 21.3. The highest BCUT2D eigenvalue weighted by atomic mass is 32.2. The van der Waals surface area contributed by atoms with Gasteiger partial charge in [-0.2, -0.15) is 26.0 Å². The molecule has 1 saturated heterocycles. The van der Waals surface area contributed by atoms with Crippen LogP contribution >= 0.6 is 0 Å². The van der Waals surface area contributed by atoms with Crippen molar-refractivity contribution in [3.05, 3.63) is 12.2 Å². The zero-order valence-corrected chi connectivity index (χ0v) is 15.2. The first-order chi connectivity index (χ1) is 12.8. The van der Waals surface area contributed by atoms with Crippen LogP contribution in [0.15, 0.2) is 12.2 Å². The van der Waals surface area contributed by atoms with Crippen molar-refractivity contribution in [2.45, 2.75) is 49.1 Å². The first-order valence-corrected chi connectivity index (χ1v) is 9.60. The van der Waals surface area contributed by atoms with Crippen molar-refractivity contribution in [1.82, 2.24) is 0 Å². The second-order valence-electron chi connectivity index (χ2n) is 6.53. The lowest BCUT2D eigenvalue weighted by molar-refractivity contribution is -0.170. The Kier molecular flexibility index (Phi) is 6.40. The van der Waals surface area contributed by atoms with E-state index in [1.54, 1.807) is 0 Å². The van der Waals surface area contributed by atoms with Crippen molar-refractivity contribution >= 4 is 22.1 Å². The van der Waals surface area contributed by atoms with Crippen LogP contribution in [-0.2, 0) is 33.9 Å². The number of ether oxygens (including phenoxy) is 3. The Hall–Kier alpha value is -1.73. The molecule has 28 heavy (non-hydrogen) atoms. The van der Waals surface area contributed by atoms with E-state index in [0.717, 1.165) is 0 Å². The molecule has 160 valence electrons. The molecule has 8 nitrogen and oxygen atoms in total. The Bertz CT molecular complexity index is 751. The molecule has 0 aromatic heterocycles. The molecule has 2 bridgehead atoms. The quantitative estimate of drug-likeness (QED) is 0.192. The molecule has 1 aliphatic carbocycles. The number of rotatable bonds is 9. The number of carbonyl (C=O) groups excluding carboxylic acids is 2. The molecular formula is C15H18F4O8S. The van der Waals surface area contributed by atoms with Gasteiger partial charge in [0.05, 0.1) is 24.7 Å². The molecule has 1 heterocycles. The summed E-state index contributed by atoms with van der Waals surface area (Å²) in [6, 6.07) is 0. The fraction of sp³-hybridized carbons (Fsp3) is 0.733. The monoisotopic (exact) mass is 434 g/mol. The molecule has 3 atom stereocenters. The van der Waals surface area contributed by atoms with Crippen LogP contribution in [0.4, 0.5) is 17.6 Å². The number of alkyl halides is 4. The Balaban J connectivity index is 1.76. The van der Waals surface area contributed by atoms with Crippen LogP contribution in [0.5, 0.6) is 0 Å². The van der Waals surface area contributed by atoms with Crippen molar-refractivity contribution in [3.63, 3.8) is 0 Å². The normalized spacial score (nSPS) is 25.3. The van der Waals surface area contributed by atoms with Gasteiger partial charge in [-0.25, -0.2) is 4.79 Å². The summed E-state index contributed by atoms with van der Waals surface area (Å²) < 4.78 is 96.4. The molecule has 13 heteroatoms. The summed E-state index contributed by atoms with van der Waals surface area (Å²) in [6.45, 7) is 1.66. The largest absolute Gasteiger partial charge is 0.458 e. The van der Waals surface area contributed by atoms with Crippen LogP contribution in [0.2, 0.25) is 0 Å². The van der Waals surface area contributed by atoms with E-state index in [2.05, 4.69) is 11.3 Å². The lowest BCUT2D eigenvalue weighted by Gasteiger charge is -2.26. The summed E-state index contributed by atoms with van der Waals surface area (Å²) in [7, 11) is -6.32. The van der Waals surface area contributed by atoms with E-state index in [4.69, 9.17) is 14.0 Å². The number of fused-ring (bicyclic) bond motifs is 2. The maximum Gasteiger partial charge on any atom is 0.431 e. The minimum absolute atomic E-state index is 0.214. The molecule has 1 N–H and O–H groups in total. The van der Waals surface area contributed by atoms with Crippen molar-refractivity contribution in [1.29, 1.82) is 0 Å². The van der Waals surface area contributed by atoms with E-state index in [0.29, 0.717) is 19.3 Å². The molecule has 0 aromatic rings. The number of halogens is 4. The Labute approximate surface area is 157 Å². The molecule has 0 spiro atoms. The van der Waals surface area contributed by atoms with Gasteiger partial charge >= 0.3 is 33.2 Å². The van der Waals surface area contributed by atoms with Gasteiger partial charge in [0.15, 0.2) is 0 Å². The summed E-state index contributed by atoms with van der Waals surface area (Å²) in [4.78, 5) is 23.4. The molecule has 2 aliphatic rings. The van der Waals surface area contributed by atoms with Crippen molar-refractivity contribution in [2.24, 2.45) is 5.92 Å². The predicted octanol–water partition coefficient (Wildman–Crippen LogP) is 1.70. The fourth-order valence-corrected chi connectivity index (χ4v) is 3.31. The highest BCUT2D eigenvalue weighted by molar-refractivity contribution is 7.87. The van der Waals surface area contributed by atoms with Crippen molar-refractivity contribution in [3.8, 4) is 0 Å². The Morgan fingerprint density at radius 1 is 1.29 bits per heavy atom. The average Bonchev–Trinajstić information content (AvgIpc) is 2.88. The van der Waals surface area contributed by atoms with Gasteiger partial charge in [0.25, 0.3) is 0 Å². The molecule has 2 fully saturated rings. The highest BCUT2D eigenvalue weighted by Gasteiger charge is 2.65.